The molecular formula is C22H30N6O3. The van der Waals surface area contributed by atoms with E-state index in [9.17, 15) is 9.59 Å². The highest BCUT2D eigenvalue weighted by atomic mass is 16.5. The largest absolute Gasteiger partial charge is 0.353 e. The molecule has 2 aliphatic rings. The molecule has 1 saturated heterocycles. The van der Waals surface area contributed by atoms with Crippen molar-refractivity contribution in [3.05, 3.63) is 48.3 Å². The predicted octanol–water partition coefficient (Wildman–Crippen LogP) is 1.44. The highest BCUT2D eigenvalue weighted by Crippen LogP contribution is 2.40. The molecule has 0 aliphatic carbocycles. The van der Waals surface area contributed by atoms with E-state index in [4.69, 9.17) is 4.74 Å². The number of rotatable bonds is 5. The van der Waals surface area contributed by atoms with Gasteiger partial charge in [0.1, 0.15) is 11.4 Å². The zero-order valence-electron chi connectivity index (χ0n) is 18.1. The molecule has 9 nitrogen and oxygen atoms in total. The molecule has 0 saturated carbocycles. The van der Waals surface area contributed by atoms with Gasteiger partial charge in [-0.1, -0.05) is 0 Å². The first kappa shape index (κ1) is 21.3. The van der Waals surface area contributed by atoms with Gasteiger partial charge < -0.3 is 24.8 Å². The van der Waals surface area contributed by atoms with E-state index in [-0.39, 0.29) is 18.0 Å². The first-order valence-electron chi connectivity index (χ1n) is 10.9. The summed E-state index contributed by atoms with van der Waals surface area (Å²) in [7, 11) is 0. The first-order chi connectivity index (χ1) is 15.0. The molecule has 1 atom stereocenters. The average molecular weight is 427 g/mol. The third-order valence-corrected chi connectivity index (χ3v) is 5.88. The van der Waals surface area contributed by atoms with Crippen LogP contribution in [0.25, 0.3) is 0 Å². The average Bonchev–Trinajstić information content (AvgIpc) is 3.24. The number of likely N-dealkylation sites (tertiary alicyclic amines) is 1. The minimum atomic E-state index is -0.649. The van der Waals surface area contributed by atoms with E-state index < -0.39 is 11.7 Å². The molecule has 9 heteroatoms. The number of ether oxygens (including phenoxy) is 1. The van der Waals surface area contributed by atoms with E-state index in [1.165, 1.54) is 0 Å². The van der Waals surface area contributed by atoms with Gasteiger partial charge in [-0.2, -0.15) is 0 Å². The fourth-order valence-corrected chi connectivity index (χ4v) is 4.28. The van der Waals surface area contributed by atoms with Crippen molar-refractivity contribution in [3.8, 4) is 0 Å². The van der Waals surface area contributed by atoms with Crippen molar-refractivity contribution in [2.45, 2.75) is 57.4 Å². The molecule has 2 aliphatic heterocycles. The Balaban J connectivity index is 1.39. The molecule has 166 valence electrons. The van der Waals surface area contributed by atoms with Gasteiger partial charge in [0.15, 0.2) is 6.10 Å². The van der Waals surface area contributed by atoms with Crippen molar-refractivity contribution < 1.29 is 14.3 Å². The van der Waals surface area contributed by atoms with E-state index in [0.717, 1.165) is 17.8 Å². The molecule has 4 rings (SSSR count). The Morgan fingerprint density at radius 2 is 1.97 bits per heavy atom. The van der Waals surface area contributed by atoms with Crippen molar-refractivity contribution >= 4 is 11.9 Å². The first-order valence-corrected chi connectivity index (χ1v) is 10.9. The number of carbonyl (C=O) groups excluding carboxylic acids is 2. The van der Waals surface area contributed by atoms with Gasteiger partial charge >= 0.3 is 6.03 Å². The Morgan fingerprint density at radius 3 is 2.68 bits per heavy atom. The maximum Gasteiger partial charge on any atom is 0.317 e. The molecule has 0 aromatic carbocycles. The van der Waals surface area contributed by atoms with Crippen LogP contribution < -0.4 is 10.6 Å². The summed E-state index contributed by atoms with van der Waals surface area (Å²) in [6.07, 6.45) is 8.51. The highest BCUT2D eigenvalue weighted by Gasteiger charge is 2.47. The van der Waals surface area contributed by atoms with Crippen molar-refractivity contribution in [3.63, 3.8) is 0 Å². The number of imidazole rings is 1. The standard InChI is InChI=1S/C22H30N6O3/c1-16(2)26-21(30)27-12-6-22(7-13-27)20-25-11-14-28(20)15-18(31-22)19(29)24-10-5-17-3-8-23-9-4-17/h3-4,8-9,11,14,16,18H,5-7,10,12-13,15H2,1-2H3,(H,24,29)(H,26,30)/t18-/m1/s1. The Morgan fingerprint density at radius 1 is 1.23 bits per heavy atom. The highest BCUT2D eigenvalue weighted by molar-refractivity contribution is 5.81. The fraction of sp³-hybridized carbons (Fsp3) is 0.545. The van der Waals surface area contributed by atoms with Gasteiger partial charge in [-0.25, -0.2) is 9.78 Å². The van der Waals surface area contributed by atoms with Crippen LogP contribution in [-0.2, 0) is 28.1 Å². The topological polar surface area (TPSA) is 101 Å². The number of aromatic nitrogens is 3. The van der Waals surface area contributed by atoms with Gasteiger partial charge in [0.25, 0.3) is 5.91 Å². The molecule has 31 heavy (non-hydrogen) atoms. The van der Waals surface area contributed by atoms with Crippen LogP contribution in [0.5, 0.6) is 0 Å². The number of hydrogen-bond acceptors (Lipinski definition) is 5. The lowest BCUT2D eigenvalue weighted by Crippen LogP contribution is -2.56. The maximum absolute atomic E-state index is 12.9. The molecule has 1 fully saturated rings. The van der Waals surface area contributed by atoms with Crippen LogP contribution in [0.4, 0.5) is 4.79 Å². The number of urea groups is 1. The SMILES string of the molecule is CC(C)NC(=O)N1CCC2(CC1)O[C@@H](C(=O)NCCc1ccncc1)Cn1ccnc12. The van der Waals surface area contributed by atoms with E-state index >= 15 is 0 Å². The van der Waals surface area contributed by atoms with Gasteiger partial charge in [0, 0.05) is 63.3 Å². The normalized spacial score (nSPS) is 19.8. The van der Waals surface area contributed by atoms with Crippen LogP contribution in [0, 0.1) is 0 Å². The summed E-state index contributed by atoms with van der Waals surface area (Å²) in [5, 5.41) is 5.94. The summed E-state index contributed by atoms with van der Waals surface area (Å²) in [4.78, 5) is 35.6. The summed E-state index contributed by atoms with van der Waals surface area (Å²) in [6, 6.07) is 3.92. The molecule has 0 radical (unpaired) electrons. The quantitative estimate of drug-likeness (QED) is 0.754. The number of carbonyl (C=O) groups is 2. The number of pyridine rings is 1. The van der Waals surface area contributed by atoms with Crippen LogP contribution >= 0.6 is 0 Å². The molecular weight excluding hydrogens is 396 g/mol. The van der Waals surface area contributed by atoms with Gasteiger partial charge in [0.2, 0.25) is 0 Å². The van der Waals surface area contributed by atoms with Crippen LogP contribution in [-0.4, -0.2) is 63.2 Å². The monoisotopic (exact) mass is 426 g/mol. The summed E-state index contributed by atoms with van der Waals surface area (Å²) in [6.45, 7) is 5.99. The second kappa shape index (κ2) is 9.05. The van der Waals surface area contributed by atoms with Crippen molar-refractivity contribution in [2.75, 3.05) is 19.6 Å². The Bertz CT molecular complexity index is 905. The smallest absolute Gasteiger partial charge is 0.317 e. The van der Waals surface area contributed by atoms with E-state index in [1.807, 2.05) is 36.7 Å². The Labute approximate surface area is 182 Å². The van der Waals surface area contributed by atoms with Crippen LogP contribution in [0.3, 0.4) is 0 Å². The summed E-state index contributed by atoms with van der Waals surface area (Å²) < 4.78 is 8.42. The maximum atomic E-state index is 12.9. The molecule has 4 heterocycles. The van der Waals surface area contributed by atoms with E-state index in [2.05, 4.69) is 20.6 Å². The lowest BCUT2D eigenvalue weighted by molar-refractivity contribution is -0.171. The molecule has 2 N–H and O–H groups in total. The van der Waals surface area contributed by atoms with Crippen LogP contribution in [0.15, 0.2) is 36.9 Å². The molecule has 1 spiro atoms. The van der Waals surface area contributed by atoms with E-state index in [1.54, 1.807) is 23.5 Å². The molecule has 2 aromatic rings. The third kappa shape index (κ3) is 4.71. The lowest BCUT2D eigenvalue weighted by atomic mass is 9.88. The number of nitrogens with one attached hydrogen (secondary N) is 2. The zero-order valence-corrected chi connectivity index (χ0v) is 18.1. The van der Waals surface area contributed by atoms with Gasteiger partial charge in [0.05, 0.1) is 6.54 Å². The van der Waals surface area contributed by atoms with Crippen molar-refractivity contribution in [2.24, 2.45) is 0 Å². The molecule has 0 unspecified atom stereocenters. The summed E-state index contributed by atoms with van der Waals surface area (Å²) in [5.74, 6) is 0.727. The van der Waals surface area contributed by atoms with Crippen molar-refractivity contribution in [1.82, 2.24) is 30.1 Å². The third-order valence-electron chi connectivity index (χ3n) is 5.88. The summed E-state index contributed by atoms with van der Waals surface area (Å²) >= 11 is 0. The Hall–Kier alpha value is -2.94. The molecule has 2 aromatic heterocycles. The predicted molar refractivity (Wildman–Crippen MR) is 114 cm³/mol. The number of amides is 3. The summed E-state index contributed by atoms with van der Waals surface area (Å²) in [5.41, 5.74) is 0.476. The second-order valence-electron chi connectivity index (χ2n) is 8.49. The van der Waals surface area contributed by atoms with Gasteiger partial charge in [-0.15, -0.1) is 0 Å². The Kier molecular flexibility index (Phi) is 6.22. The zero-order chi connectivity index (χ0) is 21.8. The van der Waals surface area contributed by atoms with Gasteiger partial charge in [-0.05, 0) is 38.0 Å². The minimum absolute atomic E-state index is 0.0607. The number of piperidine rings is 1. The minimum Gasteiger partial charge on any atom is -0.353 e. The number of fused-ring (bicyclic) bond motifs is 2. The van der Waals surface area contributed by atoms with Crippen molar-refractivity contribution in [1.29, 1.82) is 0 Å². The molecule has 0 bridgehead atoms. The number of hydrogen-bond donors (Lipinski definition) is 2. The van der Waals surface area contributed by atoms with E-state index in [0.29, 0.717) is 39.0 Å². The fourth-order valence-electron chi connectivity index (χ4n) is 4.28. The van der Waals surface area contributed by atoms with Gasteiger partial charge in [-0.3, -0.25) is 9.78 Å². The molecule has 3 amide bonds. The lowest BCUT2D eigenvalue weighted by Gasteiger charge is -2.45. The van der Waals surface area contributed by atoms with Crippen LogP contribution in [0.2, 0.25) is 0 Å². The second-order valence-corrected chi connectivity index (χ2v) is 8.49. The van der Waals surface area contributed by atoms with Crippen LogP contribution in [0.1, 0.15) is 38.1 Å². The number of nitrogens with zero attached hydrogens (tertiary/aromatic N) is 4.